The van der Waals surface area contributed by atoms with E-state index < -0.39 is 11.8 Å². The molecule has 0 unspecified atom stereocenters. The number of hydrazone groups is 1. The fourth-order valence-corrected chi connectivity index (χ4v) is 3.27. The van der Waals surface area contributed by atoms with Crippen molar-refractivity contribution in [1.82, 2.24) is 10.7 Å². The smallest absolute Gasteiger partial charge is 0.329 e. The SMILES string of the molecule is Cc1ccc(CNC(=O)C(=O)N/N=C\c2cc(Cl)ccc2OCC(=O)Nc2ccc(C)c(C)c2)cc1. The number of amides is 3. The van der Waals surface area contributed by atoms with Gasteiger partial charge in [0.25, 0.3) is 5.91 Å². The van der Waals surface area contributed by atoms with E-state index >= 15 is 0 Å². The summed E-state index contributed by atoms with van der Waals surface area (Å²) in [5, 5.41) is 9.54. The Morgan fingerprint density at radius 3 is 2.39 bits per heavy atom. The van der Waals surface area contributed by atoms with Crippen LogP contribution in [0.4, 0.5) is 5.69 Å². The Kier molecular flexibility index (Phi) is 9.19. The molecule has 0 radical (unpaired) electrons. The number of nitrogens with zero attached hydrogens (tertiary/aromatic N) is 1. The molecule has 0 aromatic heterocycles. The zero-order valence-corrected chi connectivity index (χ0v) is 21.0. The summed E-state index contributed by atoms with van der Waals surface area (Å²) in [5.74, 6) is -1.75. The minimum absolute atomic E-state index is 0.215. The Morgan fingerprint density at radius 2 is 1.67 bits per heavy atom. The molecule has 0 bridgehead atoms. The zero-order chi connectivity index (χ0) is 26.1. The van der Waals surface area contributed by atoms with Crippen molar-refractivity contribution >= 4 is 41.2 Å². The van der Waals surface area contributed by atoms with Crippen LogP contribution in [0.15, 0.2) is 65.8 Å². The molecule has 186 valence electrons. The molecule has 0 aliphatic carbocycles. The average Bonchev–Trinajstić information content (AvgIpc) is 2.85. The first kappa shape index (κ1) is 26.4. The lowest BCUT2D eigenvalue weighted by molar-refractivity contribution is -0.139. The van der Waals surface area contributed by atoms with Crippen molar-refractivity contribution in [3.63, 3.8) is 0 Å². The molecule has 8 nitrogen and oxygen atoms in total. The van der Waals surface area contributed by atoms with E-state index in [9.17, 15) is 14.4 Å². The van der Waals surface area contributed by atoms with Gasteiger partial charge in [-0.15, -0.1) is 0 Å². The molecule has 0 fully saturated rings. The molecule has 0 heterocycles. The Labute approximate surface area is 214 Å². The summed E-state index contributed by atoms with van der Waals surface area (Å²) in [4.78, 5) is 36.4. The van der Waals surface area contributed by atoms with Crippen LogP contribution in [0.25, 0.3) is 0 Å². The standard InChI is InChI=1S/C27H27ClN4O4/c1-17-4-7-20(8-5-17)14-29-26(34)27(35)32-30-15-21-13-22(28)9-11-24(21)36-16-25(33)31-23-10-6-18(2)19(3)12-23/h4-13,15H,14,16H2,1-3H3,(H,29,34)(H,31,33)(H,32,35)/b30-15-. The number of hydrogen-bond donors (Lipinski definition) is 3. The number of carbonyl (C=O) groups is 3. The van der Waals surface area contributed by atoms with Gasteiger partial charge in [-0.05, 0) is 67.8 Å². The van der Waals surface area contributed by atoms with Crippen molar-refractivity contribution in [2.45, 2.75) is 27.3 Å². The molecule has 0 aliphatic rings. The molecule has 3 N–H and O–H groups in total. The monoisotopic (exact) mass is 506 g/mol. The first-order valence-electron chi connectivity index (χ1n) is 11.2. The topological polar surface area (TPSA) is 109 Å². The van der Waals surface area contributed by atoms with E-state index in [4.69, 9.17) is 16.3 Å². The Bertz CT molecular complexity index is 1290. The van der Waals surface area contributed by atoms with E-state index in [-0.39, 0.29) is 19.1 Å². The summed E-state index contributed by atoms with van der Waals surface area (Å²) in [5.41, 5.74) is 7.43. The third kappa shape index (κ3) is 7.95. The molecule has 0 saturated heterocycles. The third-order valence-electron chi connectivity index (χ3n) is 5.27. The van der Waals surface area contributed by atoms with Gasteiger partial charge in [0, 0.05) is 22.8 Å². The maximum Gasteiger partial charge on any atom is 0.329 e. The van der Waals surface area contributed by atoms with Gasteiger partial charge in [0.2, 0.25) is 0 Å². The fraction of sp³-hybridized carbons (Fsp3) is 0.185. The normalized spacial score (nSPS) is 10.7. The average molecular weight is 507 g/mol. The number of aryl methyl sites for hydroxylation is 3. The number of hydrogen-bond acceptors (Lipinski definition) is 5. The molecule has 3 amide bonds. The highest BCUT2D eigenvalue weighted by atomic mass is 35.5. The Morgan fingerprint density at radius 1 is 0.917 bits per heavy atom. The van der Waals surface area contributed by atoms with Crippen LogP contribution in [0.5, 0.6) is 5.75 Å². The zero-order valence-electron chi connectivity index (χ0n) is 20.2. The maximum absolute atomic E-state index is 12.3. The van der Waals surface area contributed by atoms with Crippen molar-refractivity contribution in [1.29, 1.82) is 0 Å². The highest BCUT2D eigenvalue weighted by Gasteiger charge is 2.12. The highest BCUT2D eigenvalue weighted by molar-refractivity contribution is 6.35. The van der Waals surface area contributed by atoms with Crippen molar-refractivity contribution < 1.29 is 19.1 Å². The lowest BCUT2D eigenvalue weighted by atomic mass is 10.1. The van der Waals surface area contributed by atoms with Crippen LogP contribution in [0, 0.1) is 20.8 Å². The predicted molar refractivity (Wildman–Crippen MR) is 140 cm³/mol. The molecule has 0 spiro atoms. The van der Waals surface area contributed by atoms with E-state index in [0.29, 0.717) is 22.0 Å². The maximum atomic E-state index is 12.3. The number of carbonyl (C=O) groups excluding carboxylic acids is 3. The van der Waals surface area contributed by atoms with E-state index in [1.165, 1.54) is 6.21 Å². The first-order valence-corrected chi connectivity index (χ1v) is 11.6. The van der Waals surface area contributed by atoms with Gasteiger partial charge in [-0.25, -0.2) is 5.43 Å². The summed E-state index contributed by atoms with van der Waals surface area (Å²) >= 11 is 6.07. The van der Waals surface area contributed by atoms with Crippen molar-refractivity contribution in [3.8, 4) is 5.75 Å². The molecule has 3 rings (SSSR count). The summed E-state index contributed by atoms with van der Waals surface area (Å²) in [6.07, 6.45) is 1.29. The molecular weight excluding hydrogens is 480 g/mol. The van der Waals surface area contributed by atoms with Gasteiger partial charge in [0.1, 0.15) is 5.75 Å². The van der Waals surface area contributed by atoms with E-state index in [0.717, 1.165) is 22.3 Å². The van der Waals surface area contributed by atoms with Crippen molar-refractivity contribution in [3.05, 3.63) is 93.5 Å². The number of benzene rings is 3. The van der Waals surface area contributed by atoms with Gasteiger partial charge >= 0.3 is 11.8 Å². The van der Waals surface area contributed by atoms with Crippen LogP contribution in [0.3, 0.4) is 0 Å². The number of rotatable bonds is 8. The summed E-state index contributed by atoms with van der Waals surface area (Å²) in [6, 6.07) is 18.0. The highest BCUT2D eigenvalue weighted by Crippen LogP contribution is 2.21. The Balaban J connectivity index is 1.53. The van der Waals surface area contributed by atoms with Gasteiger partial charge in [0.05, 0.1) is 6.21 Å². The van der Waals surface area contributed by atoms with E-state index in [1.54, 1.807) is 18.2 Å². The van der Waals surface area contributed by atoms with Gasteiger partial charge in [-0.3, -0.25) is 14.4 Å². The lowest BCUT2D eigenvalue weighted by Crippen LogP contribution is -2.37. The molecule has 36 heavy (non-hydrogen) atoms. The first-order chi connectivity index (χ1) is 17.2. The lowest BCUT2D eigenvalue weighted by Gasteiger charge is -2.11. The van der Waals surface area contributed by atoms with Gasteiger partial charge in [-0.2, -0.15) is 5.10 Å². The largest absolute Gasteiger partial charge is 0.483 e. The van der Waals surface area contributed by atoms with E-state index in [1.807, 2.05) is 63.2 Å². The molecule has 0 aliphatic heterocycles. The van der Waals surface area contributed by atoms with Crippen LogP contribution in [0.2, 0.25) is 5.02 Å². The van der Waals surface area contributed by atoms with Crippen molar-refractivity contribution in [2.24, 2.45) is 5.10 Å². The Hall–Kier alpha value is -4.17. The number of ether oxygens (including phenoxy) is 1. The molecular formula is C27H27ClN4O4. The molecule has 3 aromatic rings. The van der Waals surface area contributed by atoms with E-state index in [2.05, 4.69) is 21.2 Å². The van der Waals surface area contributed by atoms with Crippen LogP contribution >= 0.6 is 11.6 Å². The summed E-state index contributed by atoms with van der Waals surface area (Å²) in [6.45, 7) is 5.89. The molecule has 9 heteroatoms. The summed E-state index contributed by atoms with van der Waals surface area (Å²) < 4.78 is 5.63. The van der Waals surface area contributed by atoms with Crippen LogP contribution < -0.4 is 20.8 Å². The van der Waals surface area contributed by atoms with Gasteiger partial charge in [0.15, 0.2) is 6.61 Å². The predicted octanol–water partition coefficient (Wildman–Crippen LogP) is 4.05. The number of anilines is 1. The molecule has 3 aromatic carbocycles. The summed E-state index contributed by atoms with van der Waals surface area (Å²) in [7, 11) is 0. The third-order valence-corrected chi connectivity index (χ3v) is 5.51. The molecule has 0 atom stereocenters. The number of nitrogens with one attached hydrogen (secondary N) is 3. The number of halogens is 1. The second kappa shape index (κ2) is 12.5. The van der Waals surface area contributed by atoms with Gasteiger partial charge < -0.3 is 15.4 Å². The quantitative estimate of drug-likeness (QED) is 0.243. The van der Waals surface area contributed by atoms with Gasteiger partial charge in [-0.1, -0.05) is 47.5 Å². The second-order valence-electron chi connectivity index (χ2n) is 8.19. The minimum atomic E-state index is -0.921. The van der Waals surface area contributed by atoms with Crippen molar-refractivity contribution in [2.75, 3.05) is 11.9 Å². The van der Waals surface area contributed by atoms with Crippen LogP contribution in [-0.4, -0.2) is 30.5 Å². The van der Waals surface area contributed by atoms with Crippen LogP contribution in [-0.2, 0) is 20.9 Å². The molecule has 0 saturated carbocycles. The second-order valence-corrected chi connectivity index (χ2v) is 8.62. The minimum Gasteiger partial charge on any atom is -0.483 e. The fourth-order valence-electron chi connectivity index (χ4n) is 3.09. The van der Waals surface area contributed by atoms with Crippen LogP contribution in [0.1, 0.15) is 27.8 Å².